The van der Waals surface area contributed by atoms with Gasteiger partial charge in [-0.05, 0) is 31.2 Å². The van der Waals surface area contributed by atoms with Crippen LogP contribution in [0, 0.1) is 0 Å². The summed E-state index contributed by atoms with van der Waals surface area (Å²) in [6.07, 6.45) is 0.498. The predicted molar refractivity (Wildman–Crippen MR) is 68.0 cm³/mol. The van der Waals surface area contributed by atoms with Crippen molar-refractivity contribution in [3.05, 3.63) is 29.8 Å². The van der Waals surface area contributed by atoms with E-state index in [1.54, 1.807) is 25.2 Å². The van der Waals surface area contributed by atoms with E-state index in [0.29, 0.717) is 6.42 Å². The van der Waals surface area contributed by atoms with Crippen LogP contribution in [-0.2, 0) is 16.0 Å². The van der Waals surface area contributed by atoms with Crippen LogP contribution >= 0.6 is 0 Å². The maximum atomic E-state index is 11.3. The zero-order valence-electron chi connectivity index (χ0n) is 10.9. The summed E-state index contributed by atoms with van der Waals surface area (Å²) in [7, 11) is 3.06. The van der Waals surface area contributed by atoms with Gasteiger partial charge in [-0.2, -0.15) is 0 Å². The Morgan fingerprint density at radius 2 is 2.12 bits per heavy atom. The van der Waals surface area contributed by atoms with Crippen LogP contribution in [0.2, 0.25) is 0 Å². The van der Waals surface area contributed by atoms with Crippen molar-refractivity contribution in [1.82, 2.24) is 5.32 Å². The smallest absolute Gasteiger partial charge is 0.323 e. The third-order valence-electron chi connectivity index (χ3n) is 2.18. The number of methoxy groups -OCH3 is 1. The number of nitrogens with one attached hydrogen (secondary N) is 1. The number of carbonyl (C=O) groups is 1. The number of rotatable bonds is 4. The third kappa shape index (κ3) is 5.36. The van der Waals surface area contributed by atoms with Gasteiger partial charge in [-0.3, -0.25) is 4.79 Å². The Kier molecular flexibility index (Phi) is 7.80. The molecule has 0 aliphatic heterocycles. The van der Waals surface area contributed by atoms with Gasteiger partial charge in [0.15, 0.2) is 0 Å². The maximum absolute atomic E-state index is 11.3. The number of aromatic hydroxyl groups is 1. The largest absolute Gasteiger partial charge is 0.508 e. The zero-order valence-corrected chi connectivity index (χ0v) is 10.9. The second-order valence-corrected chi connectivity index (χ2v) is 3.24. The number of esters is 1. The van der Waals surface area contributed by atoms with Crippen molar-refractivity contribution < 1.29 is 14.6 Å². The van der Waals surface area contributed by atoms with E-state index in [-0.39, 0.29) is 17.8 Å². The van der Waals surface area contributed by atoms with Gasteiger partial charge in [0, 0.05) is 0 Å². The van der Waals surface area contributed by atoms with E-state index < -0.39 is 0 Å². The summed E-state index contributed by atoms with van der Waals surface area (Å²) in [4.78, 5) is 11.3. The van der Waals surface area contributed by atoms with Crippen LogP contribution in [0.5, 0.6) is 5.75 Å². The van der Waals surface area contributed by atoms with Crippen molar-refractivity contribution in [2.45, 2.75) is 26.3 Å². The molecular formula is C13H21NO3. The van der Waals surface area contributed by atoms with E-state index in [9.17, 15) is 9.90 Å². The average molecular weight is 239 g/mol. The topological polar surface area (TPSA) is 58.6 Å². The van der Waals surface area contributed by atoms with Crippen molar-refractivity contribution in [3.63, 3.8) is 0 Å². The van der Waals surface area contributed by atoms with E-state index in [0.717, 1.165) is 5.56 Å². The summed E-state index contributed by atoms with van der Waals surface area (Å²) in [5.74, 6) is -0.104. The second kappa shape index (κ2) is 8.58. The first-order valence-corrected chi connectivity index (χ1v) is 5.70. The maximum Gasteiger partial charge on any atom is 0.323 e. The first kappa shape index (κ1) is 15.4. The predicted octanol–water partition coefficient (Wildman–Crippen LogP) is 1.72. The summed E-state index contributed by atoms with van der Waals surface area (Å²) in [6.45, 7) is 4.00. The molecule has 0 saturated carbocycles. The fourth-order valence-corrected chi connectivity index (χ4v) is 1.36. The molecule has 0 aliphatic rings. The Morgan fingerprint density at radius 3 is 2.59 bits per heavy atom. The number of hydrogen-bond donors (Lipinski definition) is 2. The molecule has 1 aromatic carbocycles. The highest BCUT2D eigenvalue weighted by atomic mass is 16.5. The minimum Gasteiger partial charge on any atom is -0.508 e. The molecule has 0 aromatic heterocycles. The molecule has 0 heterocycles. The van der Waals surface area contributed by atoms with Gasteiger partial charge in [0.05, 0.1) is 7.11 Å². The van der Waals surface area contributed by atoms with Crippen LogP contribution in [0.1, 0.15) is 19.4 Å². The number of ether oxygens (including phenoxy) is 1. The molecule has 0 bridgehead atoms. The van der Waals surface area contributed by atoms with Gasteiger partial charge < -0.3 is 15.2 Å². The van der Waals surface area contributed by atoms with Crippen molar-refractivity contribution in [3.8, 4) is 5.75 Å². The Morgan fingerprint density at radius 1 is 1.47 bits per heavy atom. The van der Waals surface area contributed by atoms with Crippen LogP contribution in [-0.4, -0.2) is 31.3 Å². The molecule has 1 atom stereocenters. The molecular weight excluding hydrogens is 218 g/mol. The van der Waals surface area contributed by atoms with E-state index in [4.69, 9.17) is 0 Å². The lowest BCUT2D eigenvalue weighted by Gasteiger charge is -2.13. The highest BCUT2D eigenvalue weighted by molar-refractivity contribution is 5.76. The summed E-state index contributed by atoms with van der Waals surface area (Å²) in [5, 5.41) is 12.1. The molecule has 2 N–H and O–H groups in total. The minimum absolute atomic E-state index is 0.201. The van der Waals surface area contributed by atoms with Gasteiger partial charge >= 0.3 is 5.97 Å². The normalized spacial score (nSPS) is 11.1. The first-order chi connectivity index (χ1) is 8.17. The summed E-state index contributed by atoms with van der Waals surface area (Å²) < 4.78 is 4.64. The Hall–Kier alpha value is -1.55. The highest BCUT2D eigenvalue weighted by Gasteiger charge is 2.17. The molecule has 4 heteroatoms. The number of hydrogen-bond acceptors (Lipinski definition) is 4. The molecule has 17 heavy (non-hydrogen) atoms. The van der Waals surface area contributed by atoms with Crippen LogP contribution in [0.4, 0.5) is 0 Å². The van der Waals surface area contributed by atoms with Crippen LogP contribution in [0.15, 0.2) is 24.3 Å². The van der Waals surface area contributed by atoms with Gasteiger partial charge in [0.25, 0.3) is 0 Å². The third-order valence-corrected chi connectivity index (χ3v) is 2.18. The SMILES string of the molecule is CC.CNC(Cc1cccc(O)c1)C(=O)OC. The number of carbonyl (C=O) groups excluding carboxylic acids is 1. The molecule has 4 nitrogen and oxygen atoms in total. The van der Waals surface area contributed by atoms with Gasteiger partial charge in [0.2, 0.25) is 0 Å². The molecule has 0 amide bonds. The first-order valence-electron chi connectivity index (χ1n) is 5.70. The number of phenols is 1. The quantitative estimate of drug-likeness (QED) is 0.785. The Balaban J connectivity index is 0.00000121. The fourth-order valence-electron chi connectivity index (χ4n) is 1.36. The molecule has 0 saturated heterocycles. The minimum atomic E-state index is -0.378. The molecule has 1 unspecified atom stereocenters. The molecule has 96 valence electrons. The van der Waals surface area contributed by atoms with Gasteiger partial charge in [-0.15, -0.1) is 0 Å². The van der Waals surface area contributed by atoms with Gasteiger partial charge in [0.1, 0.15) is 11.8 Å². The van der Waals surface area contributed by atoms with E-state index >= 15 is 0 Å². The molecule has 0 fully saturated rings. The Bertz CT molecular complexity index is 339. The standard InChI is InChI=1S/C11H15NO3.C2H6/c1-12-10(11(14)15-2)7-8-4-3-5-9(13)6-8;1-2/h3-6,10,12-13H,7H2,1-2H3;1-2H3. The molecule has 1 aromatic rings. The monoisotopic (exact) mass is 239 g/mol. The van der Waals surface area contributed by atoms with Crippen molar-refractivity contribution in [1.29, 1.82) is 0 Å². The lowest BCUT2D eigenvalue weighted by molar-refractivity contribution is -0.142. The van der Waals surface area contributed by atoms with E-state index in [1.807, 2.05) is 19.9 Å². The van der Waals surface area contributed by atoms with Crippen LogP contribution < -0.4 is 5.32 Å². The zero-order chi connectivity index (χ0) is 13.3. The van der Waals surface area contributed by atoms with Crippen LogP contribution in [0.25, 0.3) is 0 Å². The number of likely N-dealkylation sites (N-methyl/N-ethyl adjacent to an activating group) is 1. The summed E-state index contributed by atoms with van der Waals surface area (Å²) in [6, 6.07) is 6.45. The van der Waals surface area contributed by atoms with Crippen molar-refractivity contribution in [2.24, 2.45) is 0 Å². The highest BCUT2D eigenvalue weighted by Crippen LogP contribution is 2.12. The Labute approximate surface area is 103 Å². The second-order valence-electron chi connectivity index (χ2n) is 3.24. The van der Waals surface area contributed by atoms with Crippen molar-refractivity contribution in [2.75, 3.05) is 14.2 Å². The molecule has 0 radical (unpaired) electrons. The van der Waals surface area contributed by atoms with Crippen molar-refractivity contribution >= 4 is 5.97 Å². The molecule has 0 spiro atoms. The number of benzene rings is 1. The van der Waals surface area contributed by atoms with Crippen LogP contribution in [0.3, 0.4) is 0 Å². The lowest BCUT2D eigenvalue weighted by Crippen LogP contribution is -2.36. The summed E-state index contributed by atoms with van der Waals surface area (Å²) >= 11 is 0. The van der Waals surface area contributed by atoms with Gasteiger partial charge in [-0.1, -0.05) is 26.0 Å². The summed E-state index contributed by atoms with van der Waals surface area (Å²) in [5.41, 5.74) is 0.889. The fraction of sp³-hybridized carbons (Fsp3) is 0.462. The molecule has 0 aliphatic carbocycles. The number of phenolic OH excluding ortho intramolecular Hbond substituents is 1. The molecule has 1 rings (SSSR count). The average Bonchev–Trinajstić information content (AvgIpc) is 2.37. The van der Waals surface area contributed by atoms with Gasteiger partial charge in [-0.25, -0.2) is 0 Å². The van der Waals surface area contributed by atoms with E-state index in [2.05, 4.69) is 10.1 Å². The van der Waals surface area contributed by atoms with E-state index in [1.165, 1.54) is 7.11 Å². The lowest BCUT2D eigenvalue weighted by atomic mass is 10.1.